The van der Waals surface area contributed by atoms with Gasteiger partial charge in [0, 0.05) is 28.2 Å². The number of Topliss-reactive ketones (excluding diaryl/α,β-unsaturated/α-hetero) is 1. The molecule has 0 radical (unpaired) electrons. The number of carbonyl (C=O) groups excluding carboxylic acids is 1. The number of hydrogen-bond acceptors (Lipinski definition) is 3. The Balaban J connectivity index is 2.26. The fourth-order valence-electron chi connectivity index (χ4n) is 1.87. The van der Waals surface area contributed by atoms with Crippen LogP contribution in [0.5, 0.6) is 5.75 Å². The van der Waals surface area contributed by atoms with Crippen molar-refractivity contribution in [1.29, 1.82) is 0 Å². The van der Waals surface area contributed by atoms with Crippen LogP contribution >= 0.6 is 15.9 Å². The first-order valence-electron chi connectivity index (χ1n) is 5.92. The molecule has 0 saturated heterocycles. The van der Waals surface area contributed by atoms with Crippen LogP contribution in [0.2, 0.25) is 0 Å². The van der Waals surface area contributed by atoms with Crippen LogP contribution < -0.4 is 10.5 Å². The highest BCUT2D eigenvalue weighted by atomic mass is 79.9. The van der Waals surface area contributed by atoms with E-state index in [1.54, 1.807) is 24.3 Å². The number of nitrogens with two attached hydrogens (primary N) is 1. The van der Waals surface area contributed by atoms with Gasteiger partial charge in [0.05, 0.1) is 7.11 Å². The first-order valence-corrected chi connectivity index (χ1v) is 6.71. The Hall–Kier alpha value is -1.88. The lowest BCUT2D eigenvalue weighted by atomic mass is 10.0. The van der Waals surface area contributed by atoms with E-state index in [2.05, 4.69) is 15.9 Å². The van der Waals surface area contributed by atoms with Crippen LogP contribution in [-0.2, 0) is 6.42 Å². The predicted octanol–water partition coefficient (Wildman–Crippen LogP) is 3.60. The molecular formula is C15H13BrFNO2. The van der Waals surface area contributed by atoms with Crippen molar-refractivity contribution in [2.45, 2.75) is 6.42 Å². The molecule has 2 rings (SSSR count). The summed E-state index contributed by atoms with van der Waals surface area (Å²) in [5, 5.41) is 0. The first kappa shape index (κ1) is 14.5. The highest BCUT2D eigenvalue weighted by molar-refractivity contribution is 9.10. The summed E-state index contributed by atoms with van der Waals surface area (Å²) >= 11 is 3.30. The maximum Gasteiger partial charge on any atom is 0.169 e. The Morgan fingerprint density at radius 3 is 2.70 bits per heavy atom. The first-order chi connectivity index (χ1) is 9.51. The summed E-state index contributed by atoms with van der Waals surface area (Å²) in [6.07, 6.45) is 0.0782. The van der Waals surface area contributed by atoms with Gasteiger partial charge in [-0.1, -0.05) is 15.9 Å². The van der Waals surface area contributed by atoms with Gasteiger partial charge in [0.15, 0.2) is 5.78 Å². The van der Waals surface area contributed by atoms with Crippen molar-refractivity contribution in [2.24, 2.45) is 0 Å². The lowest BCUT2D eigenvalue weighted by Crippen LogP contribution is -2.08. The van der Waals surface area contributed by atoms with Crippen LogP contribution in [-0.4, -0.2) is 12.9 Å². The summed E-state index contributed by atoms with van der Waals surface area (Å²) in [7, 11) is 1.53. The lowest BCUT2D eigenvalue weighted by molar-refractivity contribution is 0.0993. The molecule has 0 aliphatic rings. The van der Waals surface area contributed by atoms with Crippen molar-refractivity contribution in [3.8, 4) is 5.75 Å². The maximum atomic E-state index is 13.2. The second kappa shape index (κ2) is 6.05. The van der Waals surface area contributed by atoms with Gasteiger partial charge in [0.1, 0.15) is 11.6 Å². The average molecular weight is 338 g/mol. The number of halogens is 2. The van der Waals surface area contributed by atoms with E-state index in [1.165, 1.54) is 19.2 Å². The van der Waals surface area contributed by atoms with Crippen LogP contribution in [0.3, 0.4) is 0 Å². The average Bonchev–Trinajstić information content (AvgIpc) is 2.42. The van der Waals surface area contributed by atoms with Crippen molar-refractivity contribution in [2.75, 3.05) is 12.8 Å². The Labute approximate surface area is 124 Å². The van der Waals surface area contributed by atoms with Crippen LogP contribution in [0, 0.1) is 5.82 Å². The Kier molecular flexibility index (Phi) is 4.39. The smallest absolute Gasteiger partial charge is 0.169 e. The van der Waals surface area contributed by atoms with Crippen LogP contribution in [0.1, 0.15) is 15.9 Å². The summed E-state index contributed by atoms with van der Waals surface area (Å²) in [5.41, 5.74) is 7.17. The molecule has 0 fully saturated rings. The van der Waals surface area contributed by atoms with E-state index in [9.17, 15) is 9.18 Å². The fourth-order valence-corrected chi connectivity index (χ4v) is 2.26. The van der Waals surface area contributed by atoms with Gasteiger partial charge in [-0.3, -0.25) is 4.79 Å². The number of hydrogen-bond donors (Lipinski definition) is 1. The zero-order valence-electron chi connectivity index (χ0n) is 10.8. The van der Waals surface area contributed by atoms with E-state index in [0.717, 1.165) is 0 Å². The van der Waals surface area contributed by atoms with E-state index in [0.29, 0.717) is 27.0 Å². The molecule has 0 amide bonds. The van der Waals surface area contributed by atoms with Crippen LogP contribution in [0.15, 0.2) is 40.9 Å². The monoisotopic (exact) mass is 337 g/mol. The lowest BCUT2D eigenvalue weighted by Gasteiger charge is -2.08. The number of carbonyl (C=O) groups is 1. The normalized spacial score (nSPS) is 10.3. The molecule has 0 unspecified atom stereocenters. The molecule has 2 aromatic carbocycles. The Bertz CT molecular complexity index is 658. The summed E-state index contributed by atoms with van der Waals surface area (Å²) < 4.78 is 18.9. The summed E-state index contributed by atoms with van der Waals surface area (Å²) in [5.74, 6) is 0.0427. The van der Waals surface area contributed by atoms with E-state index in [-0.39, 0.29) is 18.0 Å². The third-order valence-electron chi connectivity index (χ3n) is 2.92. The predicted molar refractivity (Wildman–Crippen MR) is 79.5 cm³/mol. The molecule has 0 heterocycles. The largest absolute Gasteiger partial charge is 0.497 e. The maximum absolute atomic E-state index is 13.2. The van der Waals surface area contributed by atoms with E-state index in [1.807, 2.05) is 0 Å². The zero-order valence-corrected chi connectivity index (χ0v) is 12.4. The number of nitrogen functional groups attached to an aromatic ring is 1. The molecule has 5 heteroatoms. The van der Waals surface area contributed by atoms with E-state index < -0.39 is 0 Å². The van der Waals surface area contributed by atoms with E-state index in [4.69, 9.17) is 10.5 Å². The highest BCUT2D eigenvalue weighted by Crippen LogP contribution is 2.24. The van der Waals surface area contributed by atoms with Crippen molar-refractivity contribution < 1.29 is 13.9 Å². The molecule has 0 aliphatic heterocycles. The minimum Gasteiger partial charge on any atom is -0.497 e. The Morgan fingerprint density at radius 2 is 2.05 bits per heavy atom. The molecule has 0 aromatic heterocycles. The topological polar surface area (TPSA) is 52.3 Å². The second-order valence-corrected chi connectivity index (χ2v) is 5.14. The number of benzene rings is 2. The van der Waals surface area contributed by atoms with Crippen LogP contribution in [0.25, 0.3) is 0 Å². The van der Waals surface area contributed by atoms with Crippen molar-refractivity contribution >= 4 is 27.4 Å². The summed E-state index contributed by atoms with van der Waals surface area (Å²) in [6.45, 7) is 0. The molecule has 0 atom stereocenters. The molecule has 104 valence electrons. The molecule has 2 aromatic rings. The number of anilines is 1. The SMILES string of the molecule is COc1ccc(C(=O)Cc2cc(F)ccc2Br)c(N)c1. The fraction of sp³-hybridized carbons (Fsp3) is 0.133. The molecule has 0 spiro atoms. The standard InChI is InChI=1S/C15H13BrFNO2/c1-20-11-3-4-12(14(18)8-11)15(19)7-9-6-10(17)2-5-13(9)16/h2-6,8H,7,18H2,1H3. The minimum atomic E-state index is -0.376. The minimum absolute atomic E-state index is 0.0782. The molecule has 3 nitrogen and oxygen atoms in total. The van der Waals surface area contributed by atoms with Gasteiger partial charge in [0.2, 0.25) is 0 Å². The van der Waals surface area contributed by atoms with Gasteiger partial charge in [-0.2, -0.15) is 0 Å². The summed E-state index contributed by atoms with van der Waals surface area (Å²) in [6, 6.07) is 9.12. The second-order valence-electron chi connectivity index (χ2n) is 4.29. The quantitative estimate of drug-likeness (QED) is 0.685. The number of methoxy groups -OCH3 is 1. The highest BCUT2D eigenvalue weighted by Gasteiger charge is 2.13. The van der Waals surface area contributed by atoms with Gasteiger partial charge in [-0.05, 0) is 35.9 Å². The molecule has 0 aliphatic carbocycles. The van der Waals surface area contributed by atoms with Crippen molar-refractivity contribution in [3.05, 3.63) is 57.8 Å². The third kappa shape index (κ3) is 3.17. The van der Waals surface area contributed by atoms with Gasteiger partial charge < -0.3 is 10.5 Å². The number of ether oxygens (including phenoxy) is 1. The molecule has 20 heavy (non-hydrogen) atoms. The van der Waals surface area contributed by atoms with Crippen molar-refractivity contribution in [3.63, 3.8) is 0 Å². The van der Waals surface area contributed by atoms with Crippen LogP contribution in [0.4, 0.5) is 10.1 Å². The molecule has 0 bridgehead atoms. The number of rotatable bonds is 4. The molecule has 0 saturated carbocycles. The Morgan fingerprint density at radius 1 is 1.30 bits per heavy atom. The molecular weight excluding hydrogens is 325 g/mol. The van der Waals surface area contributed by atoms with Gasteiger partial charge in [0.25, 0.3) is 0 Å². The van der Waals surface area contributed by atoms with E-state index >= 15 is 0 Å². The molecule has 2 N–H and O–H groups in total. The van der Waals surface area contributed by atoms with Crippen molar-refractivity contribution in [1.82, 2.24) is 0 Å². The summed E-state index contributed by atoms with van der Waals surface area (Å²) in [4.78, 5) is 12.2. The van der Waals surface area contributed by atoms with Gasteiger partial charge in [-0.25, -0.2) is 4.39 Å². The zero-order chi connectivity index (χ0) is 14.7. The van der Waals surface area contributed by atoms with Gasteiger partial charge >= 0.3 is 0 Å². The van der Waals surface area contributed by atoms with Gasteiger partial charge in [-0.15, -0.1) is 0 Å². The third-order valence-corrected chi connectivity index (χ3v) is 3.69. The number of ketones is 1.